The van der Waals surface area contributed by atoms with Gasteiger partial charge in [0.05, 0.1) is 11.1 Å². The van der Waals surface area contributed by atoms with E-state index in [4.69, 9.17) is 4.98 Å². The first-order valence-corrected chi connectivity index (χ1v) is 9.41. The smallest absolute Gasteiger partial charge is 0.326 e. The molecule has 2 heterocycles. The van der Waals surface area contributed by atoms with E-state index < -0.39 is 12.0 Å². The molecule has 2 aromatic rings. The van der Waals surface area contributed by atoms with Crippen LogP contribution in [0.5, 0.6) is 0 Å². The molecule has 1 aromatic heterocycles. The number of amides is 1. The van der Waals surface area contributed by atoms with Crippen molar-refractivity contribution in [2.75, 3.05) is 6.54 Å². The van der Waals surface area contributed by atoms with Crippen molar-refractivity contribution in [2.24, 2.45) is 0 Å². The number of rotatable bonds is 3. The molecule has 1 atom stereocenters. The van der Waals surface area contributed by atoms with Crippen LogP contribution in [0.4, 0.5) is 0 Å². The first kappa shape index (κ1) is 17.0. The molecule has 26 heavy (non-hydrogen) atoms. The van der Waals surface area contributed by atoms with E-state index in [2.05, 4.69) is 6.07 Å². The molecule has 1 amide bonds. The lowest BCUT2D eigenvalue weighted by Crippen LogP contribution is -2.48. The summed E-state index contributed by atoms with van der Waals surface area (Å²) < 4.78 is 0. The van der Waals surface area contributed by atoms with Crippen molar-refractivity contribution in [1.29, 1.82) is 0 Å². The fraction of sp³-hybridized carbons (Fsp3) is 0.476. The van der Waals surface area contributed by atoms with Crippen LogP contribution in [0, 0.1) is 13.8 Å². The number of nitrogens with zero attached hydrogens (tertiary/aromatic N) is 2. The Balaban J connectivity index is 1.86. The molecule has 0 spiro atoms. The van der Waals surface area contributed by atoms with Gasteiger partial charge in [-0.05, 0) is 63.6 Å². The maximum atomic E-state index is 13.4. The Morgan fingerprint density at radius 2 is 1.88 bits per heavy atom. The van der Waals surface area contributed by atoms with Crippen molar-refractivity contribution in [2.45, 2.75) is 57.9 Å². The number of aromatic nitrogens is 1. The van der Waals surface area contributed by atoms with Gasteiger partial charge >= 0.3 is 5.97 Å². The second kappa shape index (κ2) is 6.38. The highest BCUT2D eigenvalue weighted by atomic mass is 16.4. The summed E-state index contributed by atoms with van der Waals surface area (Å²) in [5, 5.41) is 10.4. The minimum Gasteiger partial charge on any atom is -0.480 e. The van der Waals surface area contributed by atoms with Gasteiger partial charge in [-0.2, -0.15) is 0 Å². The minimum absolute atomic E-state index is 0.170. The third kappa shape index (κ3) is 2.96. The van der Waals surface area contributed by atoms with Gasteiger partial charge in [0.2, 0.25) is 0 Å². The summed E-state index contributed by atoms with van der Waals surface area (Å²) in [5.74, 6) is -0.647. The Morgan fingerprint density at radius 3 is 2.58 bits per heavy atom. The zero-order valence-electron chi connectivity index (χ0n) is 15.3. The summed E-state index contributed by atoms with van der Waals surface area (Å²) in [7, 11) is 0. The molecule has 1 unspecified atom stereocenters. The number of aryl methyl sites for hydroxylation is 2. The average Bonchev–Trinajstić information content (AvgIpc) is 3.45. The minimum atomic E-state index is -0.911. The third-order valence-corrected chi connectivity index (χ3v) is 5.54. The molecule has 136 valence electrons. The van der Waals surface area contributed by atoms with Crippen molar-refractivity contribution in [3.63, 3.8) is 0 Å². The molecule has 5 nitrogen and oxygen atoms in total. The molecule has 1 aliphatic carbocycles. The lowest BCUT2D eigenvalue weighted by Gasteiger charge is -2.33. The van der Waals surface area contributed by atoms with Gasteiger partial charge in [-0.15, -0.1) is 0 Å². The van der Waals surface area contributed by atoms with Gasteiger partial charge in [0.1, 0.15) is 6.04 Å². The molecule has 0 radical (unpaired) electrons. The monoisotopic (exact) mass is 352 g/mol. The zero-order chi connectivity index (χ0) is 18.4. The third-order valence-electron chi connectivity index (χ3n) is 5.54. The standard InChI is InChI=1S/C21H24N2O3/c1-12-9-13(2)19-15(10-12)16(11-17(22-19)14-6-7-14)20(24)23-8-4-3-5-18(23)21(25)26/h9-11,14,18H,3-8H2,1-2H3,(H,25,26). The van der Waals surface area contributed by atoms with Crippen LogP contribution < -0.4 is 0 Å². The van der Waals surface area contributed by atoms with Crippen molar-refractivity contribution < 1.29 is 14.7 Å². The summed E-state index contributed by atoms with van der Waals surface area (Å²) in [6.07, 6.45) is 4.45. The Kier molecular flexibility index (Phi) is 4.17. The highest BCUT2D eigenvalue weighted by Crippen LogP contribution is 2.41. The van der Waals surface area contributed by atoms with E-state index in [0.717, 1.165) is 53.4 Å². The van der Waals surface area contributed by atoms with Crippen molar-refractivity contribution in [1.82, 2.24) is 9.88 Å². The maximum Gasteiger partial charge on any atom is 0.326 e. The molecular formula is C21H24N2O3. The van der Waals surface area contributed by atoms with Gasteiger partial charge in [0.25, 0.3) is 5.91 Å². The summed E-state index contributed by atoms with van der Waals surface area (Å²) >= 11 is 0. The predicted molar refractivity (Wildman–Crippen MR) is 99.5 cm³/mol. The Bertz CT molecular complexity index is 902. The summed E-state index contributed by atoms with van der Waals surface area (Å²) in [5.41, 5.74) is 4.59. The summed E-state index contributed by atoms with van der Waals surface area (Å²) in [6.45, 7) is 4.54. The number of pyridine rings is 1. The highest BCUT2D eigenvalue weighted by molar-refractivity contribution is 6.08. The fourth-order valence-corrected chi connectivity index (χ4v) is 4.05. The van der Waals surface area contributed by atoms with Crippen molar-refractivity contribution in [3.8, 4) is 0 Å². The highest BCUT2D eigenvalue weighted by Gasteiger charge is 2.34. The molecular weight excluding hydrogens is 328 g/mol. The van der Waals surface area contributed by atoms with Crippen LogP contribution in [0.15, 0.2) is 18.2 Å². The molecule has 2 fully saturated rings. The number of fused-ring (bicyclic) bond motifs is 1. The van der Waals surface area contributed by atoms with Crippen LogP contribution in [0.3, 0.4) is 0 Å². The SMILES string of the molecule is Cc1cc(C)c2nc(C3CC3)cc(C(=O)N3CCCCC3C(=O)O)c2c1. The second-order valence-corrected chi connectivity index (χ2v) is 7.70. The molecule has 1 aromatic carbocycles. The molecule has 2 aliphatic rings. The van der Waals surface area contributed by atoms with Gasteiger partial charge < -0.3 is 10.0 Å². The zero-order valence-corrected chi connectivity index (χ0v) is 15.3. The van der Waals surface area contributed by atoms with Crippen molar-refractivity contribution in [3.05, 3.63) is 40.6 Å². The van der Waals surface area contributed by atoms with Crippen LogP contribution in [-0.4, -0.2) is 39.5 Å². The molecule has 5 heteroatoms. The number of piperidine rings is 1. The quantitative estimate of drug-likeness (QED) is 0.912. The van der Waals surface area contributed by atoms with E-state index in [9.17, 15) is 14.7 Å². The number of carboxylic acid groups (broad SMARTS) is 1. The van der Waals surface area contributed by atoms with E-state index >= 15 is 0 Å². The topological polar surface area (TPSA) is 70.5 Å². The van der Waals surface area contributed by atoms with Gasteiger partial charge in [-0.3, -0.25) is 9.78 Å². The van der Waals surface area contributed by atoms with E-state index in [1.54, 1.807) is 4.90 Å². The normalized spacial score (nSPS) is 20.4. The van der Waals surface area contributed by atoms with Crippen LogP contribution in [0.1, 0.15) is 65.2 Å². The Labute approximate surface area is 153 Å². The number of hydrogen-bond donors (Lipinski definition) is 1. The summed E-state index contributed by atoms with van der Waals surface area (Å²) in [4.78, 5) is 31.4. The van der Waals surface area contributed by atoms with Crippen LogP contribution >= 0.6 is 0 Å². The average molecular weight is 352 g/mol. The first-order chi connectivity index (χ1) is 12.5. The fourth-order valence-electron chi connectivity index (χ4n) is 4.05. The number of hydrogen-bond acceptors (Lipinski definition) is 3. The number of benzene rings is 1. The number of carboxylic acids is 1. The van der Waals surface area contributed by atoms with Gasteiger partial charge in [0, 0.05) is 23.5 Å². The van der Waals surface area contributed by atoms with Gasteiger partial charge in [-0.1, -0.05) is 11.6 Å². The Morgan fingerprint density at radius 1 is 1.12 bits per heavy atom. The van der Waals surface area contributed by atoms with E-state index in [-0.39, 0.29) is 5.91 Å². The molecule has 1 saturated heterocycles. The van der Waals surface area contributed by atoms with Crippen LogP contribution in [-0.2, 0) is 4.79 Å². The number of aliphatic carboxylic acids is 1. The number of carbonyl (C=O) groups excluding carboxylic acids is 1. The molecule has 1 saturated carbocycles. The number of carbonyl (C=O) groups is 2. The van der Waals surface area contributed by atoms with Gasteiger partial charge in [0.15, 0.2) is 0 Å². The molecule has 1 N–H and O–H groups in total. The van der Waals surface area contributed by atoms with Crippen LogP contribution in [0.25, 0.3) is 10.9 Å². The predicted octanol–water partition coefficient (Wildman–Crippen LogP) is 3.81. The maximum absolute atomic E-state index is 13.4. The Hall–Kier alpha value is -2.43. The lowest BCUT2D eigenvalue weighted by atomic mass is 9.97. The van der Waals surface area contributed by atoms with Gasteiger partial charge in [-0.25, -0.2) is 4.79 Å². The lowest BCUT2D eigenvalue weighted by molar-refractivity contribution is -0.143. The number of likely N-dealkylation sites (tertiary alicyclic amines) is 1. The second-order valence-electron chi connectivity index (χ2n) is 7.70. The van der Waals surface area contributed by atoms with Crippen molar-refractivity contribution >= 4 is 22.8 Å². The van der Waals surface area contributed by atoms with Crippen LogP contribution in [0.2, 0.25) is 0 Å². The molecule has 4 rings (SSSR count). The molecule has 1 aliphatic heterocycles. The van der Waals surface area contributed by atoms with E-state index in [1.165, 1.54) is 0 Å². The molecule has 0 bridgehead atoms. The van der Waals surface area contributed by atoms with E-state index in [1.807, 2.05) is 26.0 Å². The first-order valence-electron chi connectivity index (χ1n) is 9.41. The van der Waals surface area contributed by atoms with E-state index in [0.29, 0.717) is 24.4 Å². The summed E-state index contributed by atoms with van der Waals surface area (Å²) in [6, 6.07) is 5.27. The largest absolute Gasteiger partial charge is 0.480 e.